The van der Waals surface area contributed by atoms with Crippen molar-refractivity contribution in [2.45, 2.75) is 31.9 Å². The first-order valence-electron chi connectivity index (χ1n) is 6.39. The van der Waals surface area contributed by atoms with Gasteiger partial charge in [0.15, 0.2) is 5.69 Å². The van der Waals surface area contributed by atoms with E-state index in [1.807, 2.05) is 4.90 Å². The summed E-state index contributed by atoms with van der Waals surface area (Å²) >= 11 is 0. The van der Waals surface area contributed by atoms with Crippen LogP contribution in [0.3, 0.4) is 0 Å². The fourth-order valence-electron chi connectivity index (χ4n) is 2.15. The fourth-order valence-corrected chi connectivity index (χ4v) is 2.15. The van der Waals surface area contributed by atoms with Gasteiger partial charge in [-0.25, -0.2) is 4.98 Å². The average Bonchev–Trinajstić information content (AvgIpc) is 2.66. The summed E-state index contributed by atoms with van der Waals surface area (Å²) in [7, 11) is 1.52. The average molecular weight is 274 g/mol. The van der Waals surface area contributed by atoms with E-state index in [1.165, 1.54) is 7.05 Å². The van der Waals surface area contributed by atoms with Crippen molar-refractivity contribution in [3.8, 4) is 0 Å². The molecule has 1 fully saturated rings. The molecule has 1 N–H and O–H groups in total. The summed E-state index contributed by atoms with van der Waals surface area (Å²) in [6.45, 7) is 1.49. The monoisotopic (exact) mass is 274 g/mol. The van der Waals surface area contributed by atoms with Gasteiger partial charge >= 0.3 is 6.18 Å². The van der Waals surface area contributed by atoms with Crippen LogP contribution in [0.4, 0.5) is 24.9 Å². The van der Waals surface area contributed by atoms with Crippen LogP contribution in [-0.4, -0.2) is 30.1 Å². The van der Waals surface area contributed by atoms with Crippen LogP contribution in [0.15, 0.2) is 6.07 Å². The van der Waals surface area contributed by atoms with E-state index in [1.54, 1.807) is 0 Å². The van der Waals surface area contributed by atoms with Crippen molar-refractivity contribution in [3.05, 3.63) is 11.8 Å². The molecular formula is C12H17F3N4. The Bertz CT molecular complexity index is 425. The number of anilines is 2. The number of hydrogen-bond donors (Lipinski definition) is 1. The molecule has 1 saturated heterocycles. The summed E-state index contributed by atoms with van der Waals surface area (Å²) in [6.07, 6.45) is -0.241. The largest absolute Gasteiger partial charge is 0.433 e. The topological polar surface area (TPSA) is 41.1 Å². The fraction of sp³-hybridized carbons (Fsp3) is 0.667. The molecule has 0 aromatic carbocycles. The van der Waals surface area contributed by atoms with Crippen LogP contribution in [-0.2, 0) is 6.18 Å². The summed E-state index contributed by atoms with van der Waals surface area (Å²) in [4.78, 5) is 9.51. The van der Waals surface area contributed by atoms with Crippen LogP contribution in [0, 0.1) is 0 Å². The zero-order valence-electron chi connectivity index (χ0n) is 10.8. The lowest BCUT2D eigenvalue weighted by atomic mass is 10.2. The van der Waals surface area contributed by atoms with Gasteiger partial charge in [0.05, 0.1) is 0 Å². The van der Waals surface area contributed by atoms with Crippen molar-refractivity contribution in [2.24, 2.45) is 0 Å². The van der Waals surface area contributed by atoms with Gasteiger partial charge in [-0.3, -0.25) is 0 Å². The second kappa shape index (κ2) is 5.63. The number of nitrogens with zero attached hydrogens (tertiary/aromatic N) is 3. The van der Waals surface area contributed by atoms with Crippen LogP contribution in [0.2, 0.25) is 0 Å². The van der Waals surface area contributed by atoms with E-state index in [-0.39, 0.29) is 5.95 Å². The summed E-state index contributed by atoms with van der Waals surface area (Å²) in [5.41, 5.74) is -0.897. The molecule has 0 aliphatic carbocycles. The summed E-state index contributed by atoms with van der Waals surface area (Å²) in [5, 5.41) is 2.59. The lowest BCUT2D eigenvalue weighted by Crippen LogP contribution is -2.26. The van der Waals surface area contributed by atoms with E-state index in [0.717, 1.165) is 44.8 Å². The van der Waals surface area contributed by atoms with Crippen molar-refractivity contribution in [1.82, 2.24) is 9.97 Å². The molecule has 0 atom stereocenters. The highest BCUT2D eigenvalue weighted by atomic mass is 19.4. The van der Waals surface area contributed by atoms with E-state index in [4.69, 9.17) is 0 Å². The second-order valence-electron chi connectivity index (χ2n) is 4.58. The molecule has 4 nitrogen and oxygen atoms in total. The van der Waals surface area contributed by atoms with Crippen molar-refractivity contribution >= 4 is 11.8 Å². The number of alkyl halides is 3. The molecule has 2 rings (SSSR count). The zero-order valence-corrected chi connectivity index (χ0v) is 10.8. The van der Waals surface area contributed by atoms with Crippen molar-refractivity contribution < 1.29 is 13.2 Å². The Morgan fingerprint density at radius 1 is 1.11 bits per heavy atom. The van der Waals surface area contributed by atoms with Gasteiger partial charge in [-0.15, -0.1) is 0 Å². The van der Waals surface area contributed by atoms with E-state index in [9.17, 15) is 13.2 Å². The molecule has 1 aliphatic heterocycles. The van der Waals surface area contributed by atoms with Crippen LogP contribution in [0.5, 0.6) is 0 Å². The highest BCUT2D eigenvalue weighted by molar-refractivity contribution is 5.45. The molecule has 0 saturated carbocycles. The lowest BCUT2D eigenvalue weighted by Gasteiger charge is -2.22. The predicted molar refractivity (Wildman–Crippen MR) is 67.3 cm³/mol. The zero-order chi connectivity index (χ0) is 13.9. The molecule has 1 aromatic heterocycles. The van der Waals surface area contributed by atoms with Gasteiger partial charge in [-0.2, -0.15) is 18.2 Å². The smallest absolute Gasteiger partial charge is 0.357 e. The Morgan fingerprint density at radius 2 is 1.74 bits per heavy atom. The van der Waals surface area contributed by atoms with E-state index in [0.29, 0.717) is 5.82 Å². The number of aromatic nitrogens is 2. The summed E-state index contributed by atoms with van der Waals surface area (Å²) in [6, 6.07) is 1.03. The predicted octanol–water partition coefficient (Wildman–Crippen LogP) is 2.92. The van der Waals surface area contributed by atoms with Crippen LogP contribution < -0.4 is 10.2 Å². The lowest BCUT2D eigenvalue weighted by molar-refractivity contribution is -0.141. The van der Waals surface area contributed by atoms with Crippen molar-refractivity contribution in [3.63, 3.8) is 0 Å². The number of halogens is 3. The Balaban J connectivity index is 2.33. The van der Waals surface area contributed by atoms with Crippen LogP contribution in [0.1, 0.15) is 31.4 Å². The van der Waals surface area contributed by atoms with Crippen LogP contribution >= 0.6 is 0 Å². The highest BCUT2D eigenvalue weighted by Gasteiger charge is 2.34. The highest BCUT2D eigenvalue weighted by Crippen LogP contribution is 2.31. The van der Waals surface area contributed by atoms with E-state index >= 15 is 0 Å². The quantitative estimate of drug-likeness (QED) is 0.900. The number of rotatable bonds is 2. The molecule has 0 spiro atoms. The Kier molecular flexibility index (Phi) is 4.11. The summed E-state index contributed by atoms with van der Waals surface area (Å²) in [5.74, 6) is 0.364. The summed E-state index contributed by atoms with van der Waals surface area (Å²) < 4.78 is 38.4. The van der Waals surface area contributed by atoms with E-state index in [2.05, 4.69) is 15.3 Å². The molecule has 106 valence electrons. The molecule has 19 heavy (non-hydrogen) atoms. The molecule has 7 heteroatoms. The SMILES string of the molecule is CNc1nc(N2CCCCCC2)cc(C(F)(F)F)n1. The maximum Gasteiger partial charge on any atom is 0.433 e. The third kappa shape index (κ3) is 3.48. The van der Waals surface area contributed by atoms with E-state index < -0.39 is 11.9 Å². The Hall–Kier alpha value is -1.53. The number of nitrogens with one attached hydrogen (secondary N) is 1. The molecule has 0 bridgehead atoms. The molecular weight excluding hydrogens is 257 g/mol. The van der Waals surface area contributed by atoms with Gasteiger partial charge in [0.25, 0.3) is 0 Å². The third-order valence-corrected chi connectivity index (χ3v) is 3.16. The van der Waals surface area contributed by atoms with Crippen molar-refractivity contribution in [2.75, 3.05) is 30.4 Å². The maximum atomic E-state index is 12.8. The Labute approximate surface area is 110 Å². The van der Waals surface area contributed by atoms with Crippen LogP contribution in [0.25, 0.3) is 0 Å². The maximum absolute atomic E-state index is 12.8. The molecule has 1 aliphatic rings. The molecule has 1 aromatic rings. The molecule has 2 heterocycles. The van der Waals surface area contributed by atoms with Gasteiger partial charge in [0.1, 0.15) is 5.82 Å². The van der Waals surface area contributed by atoms with Crippen molar-refractivity contribution in [1.29, 1.82) is 0 Å². The first-order chi connectivity index (χ1) is 9.00. The third-order valence-electron chi connectivity index (χ3n) is 3.16. The minimum Gasteiger partial charge on any atom is -0.357 e. The van der Waals surface area contributed by atoms with Gasteiger partial charge in [-0.1, -0.05) is 12.8 Å². The minimum atomic E-state index is -4.45. The minimum absolute atomic E-state index is 0.00840. The molecule has 0 unspecified atom stereocenters. The first kappa shape index (κ1) is 13.9. The standard InChI is InChI=1S/C12H17F3N4/c1-16-11-17-9(12(13,14)15)8-10(18-11)19-6-4-2-3-5-7-19/h8H,2-7H2,1H3,(H,16,17,18). The van der Waals surface area contributed by atoms with Gasteiger partial charge < -0.3 is 10.2 Å². The normalized spacial score (nSPS) is 17.2. The Morgan fingerprint density at radius 3 is 2.26 bits per heavy atom. The number of hydrogen-bond acceptors (Lipinski definition) is 4. The van der Waals surface area contributed by atoms with Gasteiger partial charge in [0, 0.05) is 26.2 Å². The second-order valence-corrected chi connectivity index (χ2v) is 4.58. The first-order valence-corrected chi connectivity index (χ1v) is 6.39. The van der Waals surface area contributed by atoms with Gasteiger partial charge in [0.2, 0.25) is 5.95 Å². The molecule has 0 amide bonds. The van der Waals surface area contributed by atoms with Gasteiger partial charge in [-0.05, 0) is 12.8 Å². The molecule has 0 radical (unpaired) electrons.